The fraction of sp³-hybridized carbons (Fsp3) is 0.600. The minimum Gasteiger partial charge on any atom is -0.370 e. The van der Waals surface area contributed by atoms with Crippen LogP contribution in [0, 0.1) is 12.3 Å². The molecule has 0 bridgehead atoms. The second kappa shape index (κ2) is 5.10. The highest BCUT2D eigenvalue weighted by Crippen LogP contribution is 2.35. The van der Waals surface area contributed by atoms with Crippen LogP contribution in [0.3, 0.4) is 0 Å². The van der Waals surface area contributed by atoms with Crippen LogP contribution in [0.5, 0.6) is 0 Å². The average molecular weight is 267 g/mol. The number of nitrogens with one attached hydrogen (secondary N) is 1. The summed E-state index contributed by atoms with van der Waals surface area (Å²) < 4.78 is 0. The van der Waals surface area contributed by atoms with Crippen LogP contribution >= 0.6 is 11.6 Å². The largest absolute Gasteiger partial charge is 0.370 e. The third kappa shape index (κ3) is 2.50. The van der Waals surface area contributed by atoms with Crippen LogP contribution in [0.2, 0.25) is 5.02 Å². The second-order valence-corrected chi connectivity index (χ2v) is 6.32. The Kier molecular flexibility index (Phi) is 3.88. The average Bonchev–Trinajstić information content (AvgIpc) is 2.33. The number of likely N-dealkylation sites (N-methyl/N-ethyl adjacent to an activating group) is 1. The molecule has 0 amide bonds. The highest BCUT2D eigenvalue weighted by molar-refractivity contribution is 6.31. The molecule has 1 heterocycles. The van der Waals surface area contributed by atoms with E-state index in [1.807, 2.05) is 12.1 Å². The Hall–Kier alpha value is -0.730. The number of anilines is 1. The number of piperidine rings is 1. The first-order chi connectivity index (χ1) is 8.45. The van der Waals surface area contributed by atoms with Gasteiger partial charge in [-0.05, 0) is 43.5 Å². The lowest BCUT2D eigenvalue weighted by Crippen LogP contribution is -2.54. The van der Waals surface area contributed by atoms with Gasteiger partial charge in [-0.25, -0.2) is 0 Å². The van der Waals surface area contributed by atoms with Crippen LogP contribution in [0.4, 0.5) is 5.69 Å². The van der Waals surface area contributed by atoms with Crippen molar-refractivity contribution in [1.29, 1.82) is 0 Å². The van der Waals surface area contributed by atoms with Gasteiger partial charge in [-0.3, -0.25) is 0 Å². The van der Waals surface area contributed by atoms with Crippen molar-refractivity contribution in [1.82, 2.24) is 5.32 Å². The molecule has 1 atom stereocenters. The molecule has 1 aromatic carbocycles. The van der Waals surface area contributed by atoms with Gasteiger partial charge in [-0.15, -0.1) is 0 Å². The SMILES string of the molecule is CNC1CN(c2cccc(Cl)c2C)CCC1(C)C. The van der Waals surface area contributed by atoms with Crippen molar-refractivity contribution in [3.05, 3.63) is 28.8 Å². The Morgan fingerprint density at radius 1 is 1.39 bits per heavy atom. The van der Waals surface area contributed by atoms with Gasteiger partial charge in [0.15, 0.2) is 0 Å². The summed E-state index contributed by atoms with van der Waals surface area (Å²) in [7, 11) is 2.06. The molecular formula is C15H23ClN2. The molecule has 2 nitrogen and oxygen atoms in total. The summed E-state index contributed by atoms with van der Waals surface area (Å²) in [5.74, 6) is 0. The molecule has 1 aliphatic heterocycles. The summed E-state index contributed by atoms with van der Waals surface area (Å²) in [6.07, 6.45) is 1.20. The topological polar surface area (TPSA) is 15.3 Å². The zero-order valence-corrected chi connectivity index (χ0v) is 12.5. The Morgan fingerprint density at radius 2 is 2.11 bits per heavy atom. The number of hydrogen-bond donors (Lipinski definition) is 1. The summed E-state index contributed by atoms with van der Waals surface area (Å²) in [4.78, 5) is 2.45. The van der Waals surface area contributed by atoms with Crippen LogP contribution < -0.4 is 10.2 Å². The first-order valence-electron chi connectivity index (χ1n) is 6.63. The first kappa shape index (κ1) is 13.7. The predicted molar refractivity (Wildman–Crippen MR) is 79.6 cm³/mol. The maximum absolute atomic E-state index is 6.22. The van der Waals surface area contributed by atoms with E-state index >= 15 is 0 Å². The quantitative estimate of drug-likeness (QED) is 0.882. The van der Waals surface area contributed by atoms with E-state index in [9.17, 15) is 0 Å². The van der Waals surface area contributed by atoms with Gasteiger partial charge in [-0.1, -0.05) is 31.5 Å². The van der Waals surface area contributed by atoms with Crippen molar-refractivity contribution >= 4 is 17.3 Å². The standard InChI is InChI=1S/C15H23ClN2/c1-11-12(16)6-5-7-13(11)18-9-8-15(2,3)14(10-18)17-4/h5-7,14,17H,8-10H2,1-4H3. The molecule has 0 aliphatic carbocycles. The molecule has 18 heavy (non-hydrogen) atoms. The van der Waals surface area contributed by atoms with E-state index in [1.54, 1.807) is 0 Å². The van der Waals surface area contributed by atoms with Crippen molar-refractivity contribution in [3.8, 4) is 0 Å². The van der Waals surface area contributed by atoms with Gasteiger partial charge in [0.05, 0.1) is 0 Å². The highest BCUT2D eigenvalue weighted by Gasteiger charge is 2.34. The maximum atomic E-state index is 6.22. The second-order valence-electron chi connectivity index (χ2n) is 5.91. The van der Waals surface area contributed by atoms with Gasteiger partial charge < -0.3 is 10.2 Å². The van der Waals surface area contributed by atoms with Crippen molar-refractivity contribution in [3.63, 3.8) is 0 Å². The fourth-order valence-electron chi connectivity index (χ4n) is 2.80. The van der Waals surface area contributed by atoms with Crippen molar-refractivity contribution < 1.29 is 0 Å². The minimum atomic E-state index is 0.359. The Morgan fingerprint density at radius 3 is 2.78 bits per heavy atom. The number of nitrogens with zero attached hydrogens (tertiary/aromatic N) is 1. The molecule has 2 rings (SSSR count). The summed E-state index contributed by atoms with van der Waals surface area (Å²) in [6, 6.07) is 6.69. The van der Waals surface area contributed by atoms with E-state index in [2.05, 4.69) is 44.1 Å². The number of hydrogen-bond acceptors (Lipinski definition) is 2. The highest BCUT2D eigenvalue weighted by atomic mass is 35.5. The van der Waals surface area contributed by atoms with E-state index in [-0.39, 0.29) is 0 Å². The van der Waals surface area contributed by atoms with Gasteiger partial charge in [0.1, 0.15) is 0 Å². The van der Waals surface area contributed by atoms with E-state index in [4.69, 9.17) is 11.6 Å². The minimum absolute atomic E-state index is 0.359. The Balaban J connectivity index is 2.23. The molecule has 1 N–H and O–H groups in total. The third-order valence-corrected chi connectivity index (χ3v) is 4.71. The van der Waals surface area contributed by atoms with Crippen LogP contribution in [0.1, 0.15) is 25.8 Å². The maximum Gasteiger partial charge on any atom is 0.0455 e. The van der Waals surface area contributed by atoms with E-state index in [0.717, 1.165) is 18.1 Å². The van der Waals surface area contributed by atoms with Gasteiger partial charge in [0.25, 0.3) is 0 Å². The van der Waals surface area contributed by atoms with Gasteiger partial charge in [-0.2, -0.15) is 0 Å². The van der Waals surface area contributed by atoms with Crippen LogP contribution in [-0.4, -0.2) is 26.2 Å². The van der Waals surface area contributed by atoms with Gasteiger partial charge in [0, 0.05) is 29.8 Å². The molecule has 0 radical (unpaired) electrons. The van der Waals surface area contributed by atoms with Crippen LogP contribution in [0.25, 0.3) is 0 Å². The van der Waals surface area contributed by atoms with Crippen LogP contribution in [-0.2, 0) is 0 Å². The molecule has 0 spiro atoms. The molecule has 1 fully saturated rings. The van der Waals surface area contributed by atoms with Crippen molar-refractivity contribution in [2.24, 2.45) is 5.41 Å². The molecule has 1 aromatic rings. The molecule has 0 saturated carbocycles. The lowest BCUT2D eigenvalue weighted by atomic mass is 9.78. The van der Waals surface area contributed by atoms with Crippen molar-refractivity contribution in [2.75, 3.05) is 25.0 Å². The lowest BCUT2D eigenvalue weighted by molar-refractivity contribution is 0.208. The summed E-state index contributed by atoms with van der Waals surface area (Å²) in [5, 5.41) is 4.31. The number of benzene rings is 1. The first-order valence-corrected chi connectivity index (χ1v) is 7.01. The molecule has 1 unspecified atom stereocenters. The zero-order chi connectivity index (χ0) is 13.3. The third-order valence-electron chi connectivity index (χ3n) is 4.30. The smallest absolute Gasteiger partial charge is 0.0455 e. The Labute approximate surface area is 115 Å². The predicted octanol–water partition coefficient (Wildman–Crippen LogP) is 3.47. The summed E-state index contributed by atoms with van der Waals surface area (Å²) in [5.41, 5.74) is 2.82. The fourth-order valence-corrected chi connectivity index (χ4v) is 2.97. The molecule has 100 valence electrons. The van der Waals surface area contributed by atoms with Gasteiger partial charge in [0.2, 0.25) is 0 Å². The summed E-state index contributed by atoms with van der Waals surface area (Å²) >= 11 is 6.22. The van der Waals surface area contributed by atoms with Crippen LogP contribution in [0.15, 0.2) is 18.2 Å². The Bertz CT molecular complexity index is 429. The molecular weight excluding hydrogens is 244 g/mol. The number of rotatable bonds is 2. The zero-order valence-electron chi connectivity index (χ0n) is 11.8. The summed E-state index contributed by atoms with van der Waals surface area (Å²) in [6.45, 7) is 8.94. The van der Waals surface area contributed by atoms with E-state index < -0.39 is 0 Å². The monoisotopic (exact) mass is 266 g/mol. The molecule has 3 heteroatoms. The van der Waals surface area contributed by atoms with Crippen molar-refractivity contribution in [2.45, 2.75) is 33.2 Å². The number of halogens is 1. The molecule has 1 saturated heterocycles. The normalized spacial score (nSPS) is 23.2. The van der Waals surface area contributed by atoms with Gasteiger partial charge >= 0.3 is 0 Å². The molecule has 1 aliphatic rings. The lowest BCUT2D eigenvalue weighted by Gasteiger charge is -2.45. The molecule has 0 aromatic heterocycles. The van der Waals surface area contributed by atoms with E-state index in [0.29, 0.717) is 11.5 Å². The van der Waals surface area contributed by atoms with E-state index in [1.165, 1.54) is 17.7 Å².